The van der Waals surface area contributed by atoms with Crippen molar-refractivity contribution in [3.63, 3.8) is 0 Å². The zero-order valence-electron chi connectivity index (χ0n) is 17.8. The molecule has 6 heteroatoms. The molecule has 3 atom stereocenters. The maximum atomic E-state index is 13.0. The second kappa shape index (κ2) is 9.49. The number of carbonyl (C=O) groups excluding carboxylic acids is 2. The van der Waals surface area contributed by atoms with Gasteiger partial charge in [0.05, 0.1) is 4.91 Å². The maximum absolute atomic E-state index is 13.0. The summed E-state index contributed by atoms with van der Waals surface area (Å²) in [4.78, 5) is 28.5. The lowest BCUT2D eigenvalue weighted by molar-refractivity contribution is -0.132. The number of halogens is 1. The number of amides is 2. The third-order valence-electron chi connectivity index (χ3n) is 6.18. The Bertz CT molecular complexity index is 1020. The minimum atomic E-state index is -0.0816. The average Bonchev–Trinajstić information content (AvgIpc) is 2.76. The minimum Gasteiger partial charge on any atom is -0.352 e. The highest BCUT2D eigenvalue weighted by Gasteiger charge is 2.42. The van der Waals surface area contributed by atoms with E-state index in [9.17, 15) is 9.59 Å². The van der Waals surface area contributed by atoms with Crippen LogP contribution in [0.1, 0.15) is 36.0 Å². The summed E-state index contributed by atoms with van der Waals surface area (Å²) in [7, 11) is 1.87. The van der Waals surface area contributed by atoms with Crippen molar-refractivity contribution in [1.82, 2.24) is 10.2 Å². The van der Waals surface area contributed by atoms with Gasteiger partial charge in [0.15, 0.2) is 0 Å². The molecule has 0 aromatic heterocycles. The first-order valence-electron chi connectivity index (χ1n) is 10.7. The van der Waals surface area contributed by atoms with Crippen LogP contribution in [-0.4, -0.2) is 35.1 Å². The molecule has 1 heterocycles. The van der Waals surface area contributed by atoms with Crippen molar-refractivity contribution in [2.24, 2.45) is 5.92 Å². The van der Waals surface area contributed by atoms with Gasteiger partial charge in [-0.1, -0.05) is 59.6 Å². The lowest BCUT2D eigenvalue weighted by Gasteiger charge is -2.44. The molecule has 1 aliphatic carbocycles. The van der Waals surface area contributed by atoms with Crippen LogP contribution in [0.5, 0.6) is 0 Å². The number of benzene rings is 2. The Balaban J connectivity index is 1.40. The van der Waals surface area contributed by atoms with Crippen LogP contribution in [0.3, 0.4) is 0 Å². The van der Waals surface area contributed by atoms with E-state index in [1.54, 1.807) is 11.8 Å². The minimum absolute atomic E-state index is 0.0462. The van der Waals surface area contributed by atoms with Crippen molar-refractivity contribution in [1.29, 1.82) is 0 Å². The SMILES string of the molecule is Cc1cccc(/C=C2/SC3CCC(C(=O)NCc4ccccc4Cl)CC3N(C)C2=O)c1. The molecule has 2 fully saturated rings. The van der Waals surface area contributed by atoms with Gasteiger partial charge in [-0.05, 0) is 49.5 Å². The first kappa shape index (κ1) is 22.0. The number of likely N-dealkylation sites (N-methyl/N-ethyl adjacent to an activating group) is 1. The molecule has 0 radical (unpaired) electrons. The summed E-state index contributed by atoms with van der Waals surface area (Å²) in [6.45, 7) is 2.48. The molecule has 4 nitrogen and oxygen atoms in total. The number of hydrogen-bond donors (Lipinski definition) is 1. The highest BCUT2D eigenvalue weighted by molar-refractivity contribution is 8.04. The van der Waals surface area contributed by atoms with Crippen LogP contribution in [0.15, 0.2) is 53.4 Å². The van der Waals surface area contributed by atoms with Crippen LogP contribution in [0.4, 0.5) is 0 Å². The van der Waals surface area contributed by atoms with Gasteiger partial charge < -0.3 is 10.2 Å². The molecule has 2 aliphatic rings. The molecule has 1 N–H and O–H groups in total. The predicted octanol–water partition coefficient (Wildman–Crippen LogP) is 5.05. The summed E-state index contributed by atoms with van der Waals surface area (Å²) in [6, 6.07) is 15.8. The number of hydrogen-bond acceptors (Lipinski definition) is 3. The monoisotopic (exact) mass is 454 g/mol. The first-order valence-corrected chi connectivity index (χ1v) is 11.9. The van der Waals surface area contributed by atoms with Gasteiger partial charge in [-0.3, -0.25) is 9.59 Å². The number of nitrogens with one attached hydrogen (secondary N) is 1. The van der Waals surface area contributed by atoms with E-state index in [1.807, 2.05) is 54.4 Å². The summed E-state index contributed by atoms with van der Waals surface area (Å²) in [5.74, 6) is 0.0112. The van der Waals surface area contributed by atoms with Crippen LogP contribution >= 0.6 is 23.4 Å². The second-order valence-electron chi connectivity index (χ2n) is 8.38. The van der Waals surface area contributed by atoms with E-state index in [4.69, 9.17) is 11.6 Å². The predicted molar refractivity (Wildman–Crippen MR) is 128 cm³/mol. The van der Waals surface area contributed by atoms with E-state index < -0.39 is 0 Å². The Labute approximate surface area is 193 Å². The van der Waals surface area contributed by atoms with Crippen molar-refractivity contribution in [2.45, 2.75) is 44.0 Å². The highest BCUT2D eigenvalue weighted by atomic mass is 35.5. The Kier molecular flexibility index (Phi) is 6.73. The Morgan fingerprint density at radius 3 is 2.81 bits per heavy atom. The zero-order chi connectivity index (χ0) is 22.0. The number of fused-ring (bicyclic) bond motifs is 1. The molecule has 2 aromatic rings. The molecule has 1 aliphatic heterocycles. The van der Waals surface area contributed by atoms with Crippen LogP contribution in [-0.2, 0) is 16.1 Å². The third kappa shape index (κ3) is 4.99. The topological polar surface area (TPSA) is 49.4 Å². The van der Waals surface area contributed by atoms with Gasteiger partial charge in [0, 0.05) is 35.8 Å². The summed E-state index contributed by atoms with van der Waals surface area (Å²) in [5, 5.41) is 4.02. The van der Waals surface area contributed by atoms with E-state index in [0.29, 0.717) is 23.2 Å². The summed E-state index contributed by atoms with van der Waals surface area (Å²) in [5.41, 5.74) is 3.14. The standard InChI is InChI=1S/C25H27ClN2O2S/c1-16-6-5-7-17(12-16)13-23-25(30)28(2)21-14-18(10-11-22(21)31-23)24(29)27-15-19-8-3-4-9-20(19)26/h3-9,12-13,18,21-22H,10-11,14-15H2,1-2H3,(H,27,29)/b23-13+. The highest BCUT2D eigenvalue weighted by Crippen LogP contribution is 2.43. The molecule has 4 rings (SSSR count). The molecule has 162 valence electrons. The molecule has 1 saturated heterocycles. The molecular formula is C25H27ClN2O2S. The van der Waals surface area contributed by atoms with Gasteiger partial charge in [0.25, 0.3) is 5.91 Å². The van der Waals surface area contributed by atoms with Gasteiger partial charge >= 0.3 is 0 Å². The van der Waals surface area contributed by atoms with Crippen LogP contribution < -0.4 is 5.32 Å². The van der Waals surface area contributed by atoms with Crippen molar-refractivity contribution in [3.8, 4) is 0 Å². The van der Waals surface area contributed by atoms with Gasteiger partial charge in [-0.25, -0.2) is 0 Å². The molecule has 1 saturated carbocycles. The van der Waals surface area contributed by atoms with E-state index in [0.717, 1.165) is 28.9 Å². The normalized spacial score (nSPS) is 24.7. The lowest BCUT2D eigenvalue weighted by atomic mass is 9.83. The molecule has 2 amide bonds. The Hall–Kier alpha value is -2.24. The van der Waals surface area contributed by atoms with E-state index in [1.165, 1.54) is 5.56 Å². The van der Waals surface area contributed by atoms with Crippen LogP contribution in [0.25, 0.3) is 6.08 Å². The third-order valence-corrected chi connectivity index (χ3v) is 7.95. The smallest absolute Gasteiger partial charge is 0.260 e. The molecule has 2 aromatic carbocycles. The average molecular weight is 455 g/mol. The number of aryl methyl sites for hydroxylation is 1. The molecular weight excluding hydrogens is 428 g/mol. The Morgan fingerprint density at radius 1 is 1.23 bits per heavy atom. The van der Waals surface area contributed by atoms with Gasteiger partial charge in [-0.15, -0.1) is 11.8 Å². The summed E-state index contributed by atoms with van der Waals surface area (Å²) in [6.07, 6.45) is 4.45. The number of carbonyl (C=O) groups is 2. The molecule has 3 unspecified atom stereocenters. The number of nitrogens with zero attached hydrogens (tertiary/aromatic N) is 1. The van der Waals surface area contributed by atoms with Crippen molar-refractivity contribution in [2.75, 3.05) is 7.05 Å². The maximum Gasteiger partial charge on any atom is 0.260 e. The fourth-order valence-electron chi connectivity index (χ4n) is 4.42. The Morgan fingerprint density at radius 2 is 2.03 bits per heavy atom. The molecule has 31 heavy (non-hydrogen) atoms. The number of thioether (sulfide) groups is 1. The van der Waals surface area contributed by atoms with Crippen molar-refractivity contribution >= 4 is 41.3 Å². The van der Waals surface area contributed by atoms with Crippen LogP contribution in [0, 0.1) is 12.8 Å². The molecule has 0 spiro atoms. The zero-order valence-corrected chi connectivity index (χ0v) is 19.4. The van der Waals surface area contributed by atoms with E-state index >= 15 is 0 Å². The van der Waals surface area contributed by atoms with Crippen LogP contribution in [0.2, 0.25) is 5.02 Å². The lowest BCUT2D eigenvalue weighted by Crippen LogP contribution is -2.52. The first-order chi connectivity index (χ1) is 14.9. The number of rotatable bonds is 4. The van der Waals surface area contributed by atoms with Gasteiger partial charge in [-0.2, -0.15) is 0 Å². The fraction of sp³-hybridized carbons (Fsp3) is 0.360. The van der Waals surface area contributed by atoms with Gasteiger partial charge in [0.2, 0.25) is 5.91 Å². The summed E-state index contributed by atoms with van der Waals surface area (Å²) < 4.78 is 0. The van der Waals surface area contributed by atoms with Gasteiger partial charge in [0.1, 0.15) is 0 Å². The van der Waals surface area contributed by atoms with Crippen molar-refractivity contribution < 1.29 is 9.59 Å². The quantitative estimate of drug-likeness (QED) is 0.658. The fourth-order valence-corrected chi connectivity index (χ4v) is 6.10. The summed E-state index contributed by atoms with van der Waals surface area (Å²) >= 11 is 7.87. The van der Waals surface area contributed by atoms with E-state index in [2.05, 4.69) is 24.4 Å². The second-order valence-corrected chi connectivity index (χ2v) is 10.1. The largest absolute Gasteiger partial charge is 0.352 e. The molecule has 0 bridgehead atoms. The van der Waals surface area contributed by atoms with Crippen molar-refractivity contribution in [3.05, 3.63) is 75.1 Å². The van der Waals surface area contributed by atoms with E-state index in [-0.39, 0.29) is 23.8 Å².